The maximum Gasteiger partial charge on any atom is 0.127 e. The number of nitrogens with zero attached hydrogens (tertiary/aromatic N) is 3. The van der Waals surface area contributed by atoms with Gasteiger partial charge in [0.2, 0.25) is 0 Å². The Balaban J connectivity index is 1.97. The van der Waals surface area contributed by atoms with E-state index in [9.17, 15) is 15.3 Å². The average molecular weight is 171 g/mol. The second-order valence-electron chi connectivity index (χ2n) is 3.90. The molecule has 0 aromatic carbocycles. The minimum absolute atomic E-state index is 0.205. The summed E-state index contributed by atoms with van der Waals surface area (Å²) in [6.45, 7) is 0. The molecule has 0 bridgehead atoms. The molecule has 0 saturated carbocycles. The topological polar surface area (TPSA) is 75.5 Å². The van der Waals surface area contributed by atoms with Crippen LogP contribution in [0, 0.1) is 0 Å². The molecule has 0 aliphatic carbocycles. The van der Waals surface area contributed by atoms with Crippen molar-refractivity contribution in [3.05, 3.63) is 0 Å². The molecule has 0 unspecified atom stereocenters. The van der Waals surface area contributed by atoms with Gasteiger partial charge in [-0.25, -0.2) is 0 Å². The van der Waals surface area contributed by atoms with Gasteiger partial charge in [0.1, 0.15) is 36.4 Å². The number of hydrogen-bond donors (Lipinski definition) is 3. The van der Waals surface area contributed by atoms with Crippen LogP contribution in [0.1, 0.15) is 18.1 Å². The molecule has 0 radical (unpaired) electrons. The van der Waals surface area contributed by atoms with Crippen LogP contribution in [0.4, 0.5) is 0 Å². The second-order valence-corrected chi connectivity index (χ2v) is 3.90. The summed E-state index contributed by atoms with van der Waals surface area (Å²) in [6, 6.07) is -0.616. The Hall–Kier alpha value is -0.720. The predicted molar refractivity (Wildman–Crippen MR) is 35.5 cm³/mol. The summed E-state index contributed by atoms with van der Waals surface area (Å²) in [5.41, 5.74) is 0. The largest absolute Gasteiger partial charge is 0.388 e. The first-order chi connectivity index (χ1) is 5.73. The van der Waals surface area contributed by atoms with Crippen LogP contribution in [0.25, 0.3) is 0 Å². The van der Waals surface area contributed by atoms with Crippen molar-refractivity contribution < 1.29 is 15.3 Å². The number of aliphatic hydroxyl groups is 3. The smallest absolute Gasteiger partial charge is 0.127 e. The van der Waals surface area contributed by atoms with Crippen LogP contribution in [0.15, 0.2) is 0 Å². The van der Waals surface area contributed by atoms with Gasteiger partial charge in [0, 0.05) is 0 Å². The van der Waals surface area contributed by atoms with Gasteiger partial charge in [0.25, 0.3) is 0 Å². The summed E-state index contributed by atoms with van der Waals surface area (Å²) in [4.78, 5) is 5.53. The molecule has 0 fully saturated rings. The molecule has 1 aromatic rings. The Kier molecular flexibility index (Phi) is 0.624. The van der Waals surface area contributed by atoms with E-state index in [1.54, 1.807) is 0 Å². The van der Waals surface area contributed by atoms with E-state index in [-0.39, 0.29) is 18.1 Å². The molecule has 3 N–H and O–H groups in total. The first-order valence-electron chi connectivity index (χ1n) is 4.15. The Labute approximate surface area is 67.1 Å². The zero-order valence-corrected chi connectivity index (χ0v) is 6.15. The standard InChI is InChI=1S/C6H9N3O3/c10-4-1-5(11)3-6(12)2(4)8-7(1)9(3)8/h1-6,10-12H. The highest BCUT2D eigenvalue weighted by molar-refractivity contribution is 5.16. The van der Waals surface area contributed by atoms with E-state index in [4.69, 9.17) is 0 Å². The Morgan fingerprint density at radius 2 is 0.833 bits per heavy atom. The van der Waals surface area contributed by atoms with Gasteiger partial charge in [0.15, 0.2) is 0 Å². The highest BCUT2D eigenvalue weighted by Gasteiger charge is 2.70. The maximum absolute atomic E-state index is 9.63. The van der Waals surface area contributed by atoms with Crippen molar-refractivity contribution in [3.8, 4) is 0 Å². The molecular formula is C6H9N3O3. The van der Waals surface area contributed by atoms with Crippen molar-refractivity contribution in [3.63, 3.8) is 0 Å². The lowest BCUT2D eigenvalue weighted by molar-refractivity contribution is -0.0643. The van der Waals surface area contributed by atoms with Crippen molar-refractivity contribution in [2.45, 2.75) is 36.4 Å². The Morgan fingerprint density at radius 1 is 0.583 bits per heavy atom. The van der Waals surface area contributed by atoms with Gasteiger partial charge in [0.05, 0.1) is 0 Å². The third-order valence-electron chi connectivity index (χ3n) is 3.50. The van der Waals surface area contributed by atoms with Crippen molar-refractivity contribution in [2.75, 3.05) is 0 Å². The Morgan fingerprint density at radius 3 is 1.00 bits per heavy atom. The highest BCUT2D eigenvalue weighted by Crippen LogP contribution is 2.57. The third kappa shape index (κ3) is 0.310. The van der Waals surface area contributed by atoms with Crippen LogP contribution in [0.5, 0.6) is 0 Å². The van der Waals surface area contributed by atoms with Crippen molar-refractivity contribution >= 4 is 0 Å². The fourth-order valence-electron chi connectivity index (χ4n) is 3.01. The van der Waals surface area contributed by atoms with Crippen LogP contribution >= 0.6 is 0 Å². The van der Waals surface area contributed by atoms with Gasteiger partial charge in [-0.1, -0.05) is 0 Å². The molecule has 3 aliphatic heterocycles. The zero-order valence-electron chi connectivity index (χ0n) is 6.15. The van der Waals surface area contributed by atoms with Crippen LogP contribution in [-0.4, -0.2) is 48.0 Å². The minimum Gasteiger partial charge on any atom is -0.388 e. The van der Waals surface area contributed by atoms with Crippen molar-refractivity contribution in [1.29, 1.82) is 0 Å². The van der Waals surface area contributed by atoms with E-state index in [0.29, 0.717) is 0 Å². The van der Waals surface area contributed by atoms with Crippen LogP contribution in [0.3, 0.4) is 0 Å². The minimum atomic E-state index is -0.606. The molecule has 4 rings (SSSR count). The summed E-state index contributed by atoms with van der Waals surface area (Å²) >= 11 is 0. The van der Waals surface area contributed by atoms with E-state index in [2.05, 4.69) is 0 Å². The summed E-state index contributed by atoms with van der Waals surface area (Å²) in [7, 11) is 0. The molecule has 12 heavy (non-hydrogen) atoms. The molecule has 66 valence electrons. The fraction of sp³-hybridized carbons (Fsp3) is 1.00. The molecule has 0 amide bonds. The monoisotopic (exact) mass is 171 g/mol. The first kappa shape index (κ1) is 5.85. The van der Waals surface area contributed by atoms with Crippen molar-refractivity contribution in [1.82, 2.24) is 14.4 Å². The van der Waals surface area contributed by atoms with Crippen LogP contribution in [0.2, 0.25) is 0 Å². The lowest BCUT2D eigenvalue weighted by Gasteiger charge is -2.28. The van der Waals surface area contributed by atoms with Gasteiger partial charge >= 0.3 is 0 Å². The lowest BCUT2D eigenvalue weighted by Crippen LogP contribution is -2.43. The fourth-order valence-corrected chi connectivity index (χ4v) is 3.01. The van der Waals surface area contributed by atoms with Crippen LogP contribution in [-0.2, 0) is 0 Å². The number of aromatic nitrogens is 3. The maximum atomic E-state index is 9.63. The van der Waals surface area contributed by atoms with E-state index in [0.717, 1.165) is 0 Å². The molecule has 0 atom stereocenters. The number of rotatable bonds is 0. The van der Waals surface area contributed by atoms with Gasteiger partial charge in [-0.2, -0.15) is 14.4 Å². The summed E-state index contributed by atoms with van der Waals surface area (Å²) in [5, 5.41) is 28.9. The molecule has 0 spiro atoms. The van der Waals surface area contributed by atoms with Crippen LogP contribution < -0.4 is 0 Å². The van der Waals surface area contributed by atoms with E-state index in [1.165, 1.54) is 0 Å². The zero-order chi connectivity index (χ0) is 8.20. The average Bonchev–Trinajstić information content (AvgIpc) is 2.50. The SMILES string of the molecule is OC1C2C(O)C3C(O)C1n1n2n13. The van der Waals surface area contributed by atoms with E-state index < -0.39 is 18.3 Å². The molecular weight excluding hydrogens is 162 g/mol. The molecule has 3 aliphatic rings. The number of aliphatic hydroxyl groups excluding tert-OH is 3. The lowest BCUT2D eigenvalue weighted by atomic mass is 9.84. The summed E-state index contributed by atoms with van der Waals surface area (Å²) < 4.78 is 0. The molecule has 6 nitrogen and oxygen atoms in total. The summed E-state index contributed by atoms with van der Waals surface area (Å²) in [5.74, 6) is 0. The molecule has 1 aromatic heterocycles. The number of hydrogen-bond acceptors (Lipinski definition) is 3. The molecule has 6 heteroatoms. The van der Waals surface area contributed by atoms with E-state index >= 15 is 0 Å². The highest BCUT2D eigenvalue weighted by atomic mass is 16.3. The Bertz CT molecular complexity index is 288. The van der Waals surface area contributed by atoms with E-state index in [1.807, 2.05) is 14.4 Å². The van der Waals surface area contributed by atoms with Gasteiger partial charge in [-0.15, -0.1) is 0 Å². The van der Waals surface area contributed by atoms with Crippen molar-refractivity contribution in [2.24, 2.45) is 0 Å². The quantitative estimate of drug-likeness (QED) is 0.416. The first-order valence-corrected chi connectivity index (χ1v) is 4.15. The van der Waals surface area contributed by atoms with Gasteiger partial charge < -0.3 is 15.3 Å². The third-order valence-corrected chi connectivity index (χ3v) is 3.50. The predicted octanol–water partition coefficient (Wildman–Crippen LogP) is -2.16. The second kappa shape index (κ2) is 1.28. The molecule has 0 saturated heterocycles. The van der Waals surface area contributed by atoms with Gasteiger partial charge in [-0.05, 0) is 0 Å². The van der Waals surface area contributed by atoms with Gasteiger partial charge in [-0.3, -0.25) is 0 Å². The molecule has 4 heterocycles. The summed E-state index contributed by atoms with van der Waals surface area (Å²) in [6.07, 6.45) is -1.82. The normalized spacial score (nSPS) is 59.2.